The summed E-state index contributed by atoms with van der Waals surface area (Å²) in [5.74, 6) is -0.239. The predicted octanol–water partition coefficient (Wildman–Crippen LogP) is 4.85. The van der Waals surface area contributed by atoms with Gasteiger partial charge in [-0.15, -0.1) is 0 Å². The summed E-state index contributed by atoms with van der Waals surface area (Å²) < 4.78 is 18.6. The number of aromatic amines is 1. The molecule has 0 spiro atoms. The van der Waals surface area contributed by atoms with Gasteiger partial charge in [0.1, 0.15) is 5.82 Å². The van der Waals surface area contributed by atoms with Crippen molar-refractivity contribution in [2.45, 2.75) is 32.3 Å². The maximum absolute atomic E-state index is 13.4. The van der Waals surface area contributed by atoms with E-state index in [2.05, 4.69) is 10.2 Å². The second-order valence-electron chi connectivity index (χ2n) is 7.42. The van der Waals surface area contributed by atoms with Gasteiger partial charge in [0.2, 0.25) is 0 Å². The summed E-state index contributed by atoms with van der Waals surface area (Å²) in [6.45, 7) is 1.13. The second-order valence-corrected chi connectivity index (χ2v) is 7.42. The summed E-state index contributed by atoms with van der Waals surface area (Å²) in [6.07, 6.45) is 3.80. The first-order valence-corrected chi connectivity index (χ1v) is 10.2. The highest BCUT2D eigenvalue weighted by atomic mass is 19.1. The van der Waals surface area contributed by atoms with Gasteiger partial charge in [-0.3, -0.25) is 9.89 Å². The van der Waals surface area contributed by atoms with Crippen LogP contribution in [0.2, 0.25) is 0 Å². The Morgan fingerprint density at radius 2 is 1.93 bits per heavy atom. The Kier molecular flexibility index (Phi) is 7.74. The minimum atomic E-state index is -0.263. The first-order valence-electron chi connectivity index (χ1n) is 10.2. The topological polar surface area (TPSA) is 58.2 Å². The molecule has 3 aromatic rings. The summed E-state index contributed by atoms with van der Waals surface area (Å²) in [4.78, 5) is 14.5. The maximum Gasteiger partial charge on any atom is 0.253 e. The van der Waals surface area contributed by atoms with Crippen molar-refractivity contribution in [3.05, 3.63) is 77.2 Å². The average Bonchev–Trinajstić information content (AvgIpc) is 3.22. The van der Waals surface area contributed by atoms with Gasteiger partial charge in [0.25, 0.3) is 5.91 Å². The van der Waals surface area contributed by atoms with E-state index in [1.165, 1.54) is 12.1 Å². The lowest BCUT2D eigenvalue weighted by atomic mass is 10.1. The Balaban J connectivity index is 1.43. The number of carbonyl (C=O) groups is 1. The third-order valence-corrected chi connectivity index (χ3v) is 5.09. The van der Waals surface area contributed by atoms with Crippen LogP contribution in [0.4, 0.5) is 4.39 Å². The van der Waals surface area contributed by atoms with E-state index in [4.69, 9.17) is 4.74 Å². The van der Waals surface area contributed by atoms with Crippen LogP contribution >= 0.6 is 0 Å². The fourth-order valence-corrected chi connectivity index (χ4v) is 3.44. The van der Waals surface area contributed by atoms with E-state index in [0.29, 0.717) is 18.7 Å². The van der Waals surface area contributed by atoms with Crippen LogP contribution in [0.25, 0.3) is 11.3 Å². The Bertz CT molecular complexity index is 970. The zero-order chi connectivity index (χ0) is 21.3. The first-order chi connectivity index (χ1) is 14.6. The highest BCUT2D eigenvalue weighted by Crippen LogP contribution is 2.19. The molecule has 30 heavy (non-hydrogen) atoms. The zero-order valence-electron chi connectivity index (χ0n) is 17.5. The monoisotopic (exact) mass is 409 g/mol. The summed E-state index contributed by atoms with van der Waals surface area (Å²) in [5.41, 5.74) is 4.16. The highest BCUT2D eigenvalue weighted by molar-refractivity contribution is 5.95. The number of unbranched alkanes of at least 4 members (excludes halogenated alkanes) is 2. The number of nitrogens with one attached hydrogen (secondary N) is 1. The Morgan fingerprint density at radius 3 is 2.73 bits per heavy atom. The number of aryl methyl sites for hydroxylation is 1. The van der Waals surface area contributed by atoms with Crippen molar-refractivity contribution >= 4 is 5.91 Å². The van der Waals surface area contributed by atoms with Crippen molar-refractivity contribution in [3.8, 4) is 11.3 Å². The lowest BCUT2D eigenvalue weighted by Gasteiger charge is -2.19. The van der Waals surface area contributed by atoms with E-state index >= 15 is 0 Å². The number of halogens is 1. The quantitative estimate of drug-likeness (QED) is 0.487. The lowest BCUT2D eigenvalue weighted by Crippen LogP contribution is -2.28. The number of amides is 1. The van der Waals surface area contributed by atoms with Crippen molar-refractivity contribution in [3.63, 3.8) is 0 Å². The molecule has 0 unspecified atom stereocenters. The number of hydrogen-bond acceptors (Lipinski definition) is 3. The fourth-order valence-electron chi connectivity index (χ4n) is 3.44. The van der Waals surface area contributed by atoms with E-state index in [1.54, 1.807) is 18.1 Å². The number of rotatable bonds is 10. The number of methoxy groups -OCH3 is 1. The van der Waals surface area contributed by atoms with Crippen LogP contribution in [-0.4, -0.2) is 41.7 Å². The Morgan fingerprint density at radius 1 is 1.10 bits per heavy atom. The number of ether oxygens (including phenoxy) is 1. The zero-order valence-corrected chi connectivity index (χ0v) is 17.5. The molecule has 0 aliphatic heterocycles. The minimum Gasteiger partial charge on any atom is -0.380 e. The molecule has 1 amide bonds. The number of hydrogen-bond donors (Lipinski definition) is 1. The van der Waals surface area contributed by atoms with Crippen LogP contribution in [0.15, 0.2) is 54.6 Å². The highest BCUT2D eigenvalue weighted by Gasteiger charge is 2.15. The molecule has 1 aromatic heterocycles. The third-order valence-electron chi connectivity index (χ3n) is 5.09. The summed E-state index contributed by atoms with van der Waals surface area (Å²) >= 11 is 0. The molecular weight excluding hydrogens is 381 g/mol. The standard InChI is InChI=1S/C24H28FN3O2/c1-28(24(29)22-13-6-5-9-19(22)17-30-2)14-7-3-4-12-21-16-23(27-26-21)18-10-8-11-20(25)15-18/h5-6,8-11,13,15-16H,3-4,7,12,14,17H2,1-2H3,(H,26,27). The molecule has 0 bridgehead atoms. The van der Waals surface area contributed by atoms with Gasteiger partial charge in [-0.2, -0.15) is 5.10 Å². The molecule has 158 valence electrons. The predicted molar refractivity (Wildman–Crippen MR) is 116 cm³/mol. The molecule has 0 radical (unpaired) electrons. The maximum atomic E-state index is 13.4. The Hall–Kier alpha value is -2.99. The van der Waals surface area contributed by atoms with Gasteiger partial charge in [0.15, 0.2) is 0 Å². The molecule has 5 nitrogen and oxygen atoms in total. The van der Waals surface area contributed by atoms with E-state index in [0.717, 1.165) is 48.2 Å². The van der Waals surface area contributed by atoms with Crippen LogP contribution in [0.1, 0.15) is 40.9 Å². The van der Waals surface area contributed by atoms with Gasteiger partial charge < -0.3 is 9.64 Å². The van der Waals surface area contributed by atoms with Crippen molar-refractivity contribution in [1.82, 2.24) is 15.1 Å². The Labute approximate surface area is 176 Å². The largest absolute Gasteiger partial charge is 0.380 e. The van der Waals surface area contributed by atoms with Gasteiger partial charge in [0.05, 0.1) is 12.3 Å². The average molecular weight is 410 g/mol. The molecule has 0 aliphatic rings. The summed E-state index contributed by atoms with van der Waals surface area (Å²) in [6, 6.07) is 16.0. The fraction of sp³-hybridized carbons (Fsp3) is 0.333. The van der Waals surface area contributed by atoms with Gasteiger partial charge in [-0.25, -0.2) is 4.39 Å². The normalized spacial score (nSPS) is 10.9. The molecule has 0 aliphatic carbocycles. The molecule has 0 saturated carbocycles. The van der Waals surface area contributed by atoms with Gasteiger partial charge in [0, 0.05) is 37.5 Å². The molecule has 6 heteroatoms. The van der Waals surface area contributed by atoms with Crippen LogP contribution < -0.4 is 0 Å². The van der Waals surface area contributed by atoms with Crippen LogP contribution in [0.3, 0.4) is 0 Å². The second kappa shape index (κ2) is 10.7. The molecule has 3 rings (SSSR count). The SMILES string of the molecule is COCc1ccccc1C(=O)N(C)CCCCCc1cc(-c2cccc(F)c2)n[nH]1. The number of H-pyrrole nitrogens is 1. The summed E-state index contributed by atoms with van der Waals surface area (Å²) in [5, 5.41) is 7.31. The minimum absolute atomic E-state index is 0.0240. The van der Waals surface area contributed by atoms with E-state index in [1.807, 2.05) is 43.4 Å². The van der Waals surface area contributed by atoms with Crippen molar-refractivity contribution in [2.75, 3.05) is 20.7 Å². The molecule has 1 heterocycles. The number of aromatic nitrogens is 2. The molecule has 1 N–H and O–H groups in total. The smallest absolute Gasteiger partial charge is 0.253 e. The third kappa shape index (κ3) is 5.76. The van der Waals surface area contributed by atoms with Crippen molar-refractivity contribution in [1.29, 1.82) is 0 Å². The van der Waals surface area contributed by atoms with Crippen molar-refractivity contribution in [2.24, 2.45) is 0 Å². The molecule has 2 aromatic carbocycles. The van der Waals surface area contributed by atoms with Crippen molar-refractivity contribution < 1.29 is 13.9 Å². The van der Waals surface area contributed by atoms with Gasteiger partial charge in [-0.05, 0) is 49.1 Å². The van der Waals surface area contributed by atoms with E-state index in [-0.39, 0.29) is 11.7 Å². The number of benzene rings is 2. The molecule has 0 saturated heterocycles. The summed E-state index contributed by atoms with van der Waals surface area (Å²) in [7, 11) is 3.47. The van der Waals surface area contributed by atoms with E-state index in [9.17, 15) is 9.18 Å². The molecular formula is C24H28FN3O2. The van der Waals surface area contributed by atoms with Crippen LogP contribution in [0, 0.1) is 5.82 Å². The number of carbonyl (C=O) groups excluding carboxylic acids is 1. The van der Waals surface area contributed by atoms with E-state index < -0.39 is 0 Å². The molecule has 0 atom stereocenters. The number of nitrogens with zero attached hydrogens (tertiary/aromatic N) is 2. The van der Waals surface area contributed by atoms with Gasteiger partial charge >= 0.3 is 0 Å². The van der Waals surface area contributed by atoms with Gasteiger partial charge in [-0.1, -0.05) is 36.8 Å². The first kappa shape index (κ1) is 21.7. The van der Waals surface area contributed by atoms with Crippen LogP contribution in [-0.2, 0) is 17.8 Å². The lowest BCUT2D eigenvalue weighted by molar-refractivity contribution is 0.0787. The van der Waals surface area contributed by atoms with Crippen LogP contribution in [0.5, 0.6) is 0 Å². The molecule has 0 fully saturated rings.